The van der Waals surface area contributed by atoms with Gasteiger partial charge in [0.1, 0.15) is 11.4 Å². The Hall–Kier alpha value is -3.97. The molecule has 3 aromatic heterocycles. The summed E-state index contributed by atoms with van der Waals surface area (Å²) in [6.45, 7) is 0.539. The number of hydrogen-bond donors (Lipinski definition) is 0. The van der Waals surface area contributed by atoms with E-state index in [0.29, 0.717) is 33.9 Å². The van der Waals surface area contributed by atoms with Crippen LogP contribution in [0.1, 0.15) is 21.6 Å². The second-order valence-electron chi connectivity index (χ2n) is 7.26. The molecular formula is C24H18ClN5O2. The smallest absolute Gasteiger partial charge is 0.217 e. The molecule has 0 aliphatic heterocycles. The van der Waals surface area contributed by atoms with Crippen LogP contribution in [0.15, 0.2) is 79.3 Å². The van der Waals surface area contributed by atoms with E-state index >= 15 is 0 Å². The summed E-state index contributed by atoms with van der Waals surface area (Å²) in [6, 6.07) is 18.9. The van der Waals surface area contributed by atoms with Crippen LogP contribution in [-0.2, 0) is 6.54 Å². The summed E-state index contributed by atoms with van der Waals surface area (Å²) in [5, 5.41) is 9.59. The molecule has 0 N–H and O–H groups in total. The number of pyridine rings is 1. The first kappa shape index (κ1) is 20.0. The zero-order chi connectivity index (χ0) is 22.1. The normalized spacial score (nSPS) is 11.1. The van der Waals surface area contributed by atoms with Crippen molar-refractivity contribution >= 4 is 28.4 Å². The van der Waals surface area contributed by atoms with Crippen molar-refractivity contribution < 1.29 is 9.53 Å². The summed E-state index contributed by atoms with van der Waals surface area (Å²) in [5.41, 5.74) is 3.28. The largest absolute Gasteiger partial charge is 0.495 e. The fourth-order valence-corrected chi connectivity index (χ4v) is 3.69. The Balaban J connectivity index is 1.56. The van der Waals surface area contributed by atoms with E-state index in [2.05, 4.69) is 15.3 Å². The van der Waals surface area contributed by atoms with Gasteiger partial charge in [0, 0.05) is 23.2 Å². The van der Waals surface area contributed by atoms with E-state index < -0.39 is 0 Å². The van der Waals surface area contributed by atoms with Gasteiger partial charge in [-0.1, -0.05) is 47.1 Å². The molecule has 0 radical (unpaired) electrons. The summed E-state index contributed by atoms with van der Waals surface area (Å²) in [7, 11) is 1.57. The van der Waals surface area contributed by atoms with Crippen LogP contribution in [0, 0.1) is 0 Å². The Kier molecular flexibility index (Phi) is 5.17. The van der Waals surface area contributed by atoms with Gasteiger partial charge in [0.25, 0.3) is 0 Å². The van der Waals surface area contributed by atoms with Crippen molar-refractivity contribution in [3.8, 4) is 11.4 Å². The molecule has 0 amide bonds. The molecule has 0 saturated carbocycles. The van der Waals surface area contributed by atoms with E-state index in [-0.39, 0.29) is 11.5 Å². The highest BCUT2D eigenvalue weighted by atomic mass is 35.5. The second kappa shape index (κ2) is 8.28. The van der Waals surface area contributed by atoms with E-state index in [4.69, 9.17) is 16.3 Å². The van der Waals surface area contributed by atoms with Crippen LogP contribution in [0.25, 0.3) is 16.7 Å². The number of ketones is 1. The number of nitrogens with zero attached hydrogens (tertiary/aromatic N) is 5. The molecule has 0 aliphatic rings. The van der Waals surface area contributed by atoms with Gasteiger partial charge in [-0.3, -0.25) is 4.79 Å². The highest BCUT2D eigenvalue weighted by molar-refractivity contribution is 6.30. The van der Waals surface area contributed by atoms with Gasteiger partial charge >= 0.3 is 0 Å². The minimum absolute atomic E-state index is 0.234. The Labute approximate surface area is 188 Å². The summed E-state index contributed by atoms with van der Waals surface area (Å²) >= 11 is 6.01. The third-order valence-corrected chi connectivity index (χ3v) is 5.43. The maximum Gasteiger partial charge on any atom is 0.217 e. The lowest BCUT2D eigenvalue weighted by molar-refractivity contribution is 0.103. The molecule has 5 rings (SSSR count). The maximum absolute atomic E-state index is 13.4. The number of fused-ring (bicyclic) bond motifs is 1. The number of carbonyl (C=O) groups is 1. The van der Waals surface area contributed by atoms with E-state index in [1.807, 2.05) is 65.2 Å². The maximum atomic E-state index is 13.4. The van der Waals surface area contributed by atoms with Crippen molar-refractivity contribution in [3.63, 3.8) is 0 Å². The topological polar surface area (TPSA) is 74.8 Å². The highest BCUT2D eigenvalue weighted by Crippen LogP contribution is 2.27. The number of ether oxygens (including phenoxy) is 1. The molecule has 3 heterocycles. The second-order valence-corrected chi connectivity index (χ2v) is 7.69. The molecule has 0 bridgehead atoms. The van der Waals surface area contributed by atoms with Crippen molar-refractivity contribution in [3.05, 3.63) is 101 Å². The number of aromatic nitrogens is 5. The lowest BCUT2D eigenvalue weighted by Gasteiger charge is -2.05. The van der Waals surface area contributed by atoms with Gasteiger partial charge in [0.15, 0.2) is 5.69 Å². The molecule has 0 fully saturated rings. The SMILES string of the molecule is COc1cnc2c(c1)c(C(=O)c1cn(-c3ccccc3)nn1)cn2Cc1ccc(Cl)cc1. The predicted octanol–water partition coefficient (Wildman–Crippen LogP) is 4.56. The number of para-hydroxylation sites is 1. The summed E-state index contributed by atoms with van der Waals surface area (Å²) < 4.78 is 8.86. The quantitative estimate of drug-likeness (QED) is 0.360. The fraction of sp³-hybridized carbons (Fsp3) is 0.0833. The van der Waals surface area contributed by atoms with Gasteiger partial charge in [-0.05, 0) is 35.9 Å². The summed E-state index contributed by atoms with van der Waals surface area (Å²) in [5.74, 6) is 0.339. The molecule has 0 aliphatic carbocycles. The van der Waals surface area contributed by atoms with E-state index in [9.17, 15) is 4.79 Å². The van der Waals surface area contributed by atoms with Crippen LogP contribution in [0.3, 0.4) is 0 Å². The van der Waals surface area contributed by atoms with Gasteiger partial charge in [-0.25, -0.2) is 9.67 Å². The number of hydrogen-bond acceptors (Lipinski definition) is 5. The lowest BCUT2D eigenvalue weighted by atomic mass is 10.1. The molecule has 0 spiro atoms. The third kappa shape index (κ3) is 3.74. The zero-order valence-corrected chi connectivity index (χ0v) is 17.9. The highest BCUT2D eigenvalue weighted by Gasteiger charge is 2.21. The Bertz CT molecular complexity index is 1410. The molecular weight excluding hydrogens is 426 g/mol. The van der Waals surface area contributed by atoms with Crippen molar-refractivity contribution in [2.45, 2.75) is 6.54 Å². The lowest BCUT2D eigenvalue weighted by Crippen LogP contribution is -2.02. The van der Waals surface area contributed by atoms with Crippen LogP contribution in [0.4, 0.5) is 0 Å². The van der Waals surface area contributed by atoms with Crippen molar-refractivity contribution in [1.82, 2.24) is 24.5 Å². The number of rotatable bonds is 6. The van der Waals surface area contributed by atoms with E-state index in [1.165, 1.54) is 0 Å². The third-order valence-electron chi connectivity index (χ3n) is 5.18. The Morgan fingerprint density at radius 1 is 1.06 bits per heavy atom. The number of methoxy groups -OCH3 is 1. The minimum Gasteiger partial charge on any atom is -0.495 e. The van der Waals surface area contributed by atoms with Gasteiger partial charge in [0.2, 0.25) is 5.78 Å². The fourth-order valence-electron chi connectivity index (χ4n) is 3.56. The van der Waals surface area contributed by atoms with Crippen molar-refractivity contribution in [2.24, 2.45) is 0 Å². The van der Waals surface area contributed by atoms with Gasteiger partial charge in [-0.15, -0.1) is 5.10 Å². The molecule has 32 heavy (non-hydrogen) atoms. The molecule has 5 aromatic rings. The van der Waals surface area contributed by atoms with Crippen LogP contribution in [0.2, 0.25) is 5.02 Å². The first-order valence-corrected chi connectivity index (χ1v) is 10.3. The average Bonchev–Trinajstić information content (AvgIpc) is 3.46. The molecule has 0 atom stereocenters. The monoisotopic (exact) mass is 443 g/mol. The Morgan fingerprint density at radius 2 is 1.84 bits per heavy atom. The van der Waals surface area contributed by atoms with Crippen LogP contribution < -0.4 is 4.74 Å². The first-order valence-electron chi connectivity index (χ1n) is 9.92. The van der Waals surface area contributed by atoms with Crippen LogP contribution in [-0.4, -0.2) is 37.4 Å². The van der Waals surface area contributed by atoms with E-state index in [0.717, 1.165) is 11.3 Å². The zero-order valence-electron chi connectivity index (χ0n) is 17.1. The number of halogens is 1. The molecule has 2 aromatic carbocycles. The van der Waals surface area contributed by atoms with Crippen molar-refractivity contribution in [2.75, 3.05) is 7.11 Å². The minimum atomic E-state index is -0.234. The van der Waals surface area contributed by atoms with Crippen LogP contribution in [0.5, 0.6) is 5.75 Å². The number of carbonyl (C=O) groups excluding carboxylic acids is 1. The number of benzene rings is 2. The molecule has 0 unspecified atom stereocenters. The average molecular weight is 444 g/mol. The van der Waals surface area contributed by atoms with Gasteiger partial charge < -0.3 is 9.30 Å². The standard InChI is InChI=1S/C24H18ClN5O2/c1-32-19-11-20-21(23(31)22-15-30(28-27-22)18-5-3-2-4-6-18)14-29(24(20)26-12-19)13-16-7-9-17(25)10-8-16/h2-12,14-15H,13H2,1H3. The molecule has 158 valence electrons. The van der Waals surface area contributed by atoms with Crippen molar-refractivity contribution in [1.29, 1.82) is 0 Å². The molecule has 0 saturated heterocycles. The van der Waals surface area contributed by atoms with Gasteiger partial charge in [-0.2, -0.15) is 0 Å². The molecule has 7 nitrogen and oxygen atoms in total. The predicted molar refractivity (Wildman–Crippen MR) is 122 cm³/mol. The van der Waals surface area contributed by atoms with Crippen LogP contribution >= 0.6 is 11.6 Å². The summed E-state index contributed by atoms with van der Waals surface area (Å²) in [6.07, 6.45) is 5.07. The van der Waals surface area contributed by atoms with Gasteiger partial charge in [0.05, 0.1) is 30.8 Å². The summed E-state index contributed by atoms with van der Waals surface area (Å²) in [4.78, 5) is 17.9. The Morgan fingerprint density at radius 3 is 2.59 bits per heavy atom. The van der Waals surface area contributed by atoms with E-state index in [1.54, 1.807) is 30.4 Å². The first-order chi connectivity index (χ1) is 15.6. The molecule has 8 heteroatoms.